The smallest absolute Gasteiger partial charge is 0.0711 e. The quantitative estimate of drug-likeness (QED) is 0.800. The van der Waals surface area contributed by atoms with E-state index in [1.165, 1.54) is 22.3 Å². The van der Waals surface area contributed by atoms with E-state index in [0.717, 1.165) is 26.1 Å². The molecule has 1 aliphatic carbocycles. The molecule has 2 aromatic carbocycles. The molecule has 2 heteroatoms. The first-order valence-corrected chi connectivity index (χ1v) is 9.44. The van der Waals surface area contributed by atoms with E-state index < -0.39 is 0 Å². The Morgan fingerprint density at radius 1 is 0.960 bits per heavy atom. The highest BCUT2D eigenvalue weighted by Gasteiger charge is 2.28. The van der Waals surface area contributed by atoms with Crippen LogP contribution in [0.4, 0.5) is 0 Å². The third kappa shape index (κ3) is 3.42. The first kappa shape index (κ1) is 16.6. The van der Waals surface area contributed by atoms with Gasteiger partial charge in [0.05, 0.1) is 12.7 Å². The van der Waals surface area contributed by atoms with Crippen molar-refractivity contribution >= 4 is 12.2 Å². The lowest BCUT2D eigenvalue weighted by Crippen LogP contribution is -2.46. The maximum Gasteiger partial charge on any atom is 0.0711 e. The van der Waals surface area contributed by atoms with Gasteiger partial charge in [0, 0.05) is 25.0 Å². The van der Waals surface area contributed by atoms with Crippen LogP contribution in [0.25, 0.3) is 12.2 Å². The molecule has 25 heavy (non-hydrogen) atoms. The van der Waals surface area contributed by atoms with Crippen molar-refractivity contribution in [2.75, 3.05) is 19.7 Å². The third-order valence-electron chi connectivity index (χ3n) is 5.58. The van der Waals surface area contributed by atoms with E-state index in [1.807, 2.05) is 0 Å². The van der Waals surface area contributed by atoms with Crippen LogP contribution >= 0.6 is 0 Å². The minimum absolute atomic E-state index is 0.292. The summed E-state index contributed by atoms with van der Waals surface area (Å²) in [6.45, 7) is 7.49. The van der Waals surface area contributed by atoms with Gasteiger partial charge in [0.2, 0.25) is 0 Å². The van der Waals surface area contributed by atoms with Crippen LogP contribution in [0.2, 0.25) is 0 Å². The van der Waals surface area contributed by atoms with Gasteiger partial charge in [0.25, 0.3) is 0 Å². The predicted octanol–water partition coefficient (Wildman–Crippen LogP) is 4.80. The molecule has 0 saturated carbocycles. The first-order valence-electron chi connectivity index (χ1n) is 9.44. The second kappa shape index (κ2) is 7.15. The Morgan fingerprint density at radius 2 is 1.56 bits per heavy atom. The number of morpholine rings is 1. The summed E-state index contributed by atoms with van der Waals surface area (Å²) in [4.78, 5) is 2.54. The van der Waals surface area contributed by atoms with Crippen molar-refractivity contribution in [1.29, 1.82) is 0 Å². The van der Waals surface area contributed by atoms with Crippen LogP contribution in [0.3, 0.4) is 0 Å². The van der Waals surface area contributed by atoms with E-state index in [-0.39, 0.29) is 0 Å². The number of fused-ring (bicyclic) bond motifs is 2. The van der Waals surface area contributed by atoms with E-state index in [4.69, 9.17) is 4.74 Å². The van der Waals surface area contributed by atoms with Crippen LogP contribution < -0.4 is 0 Å². The lowest BCUT2D eigenvalue weighted by molar-refractivity contribution is -0.0434. The number of benzene rings is 2. The SMILES string of the molecule is CC(C)N1CCOC(CC2c3ccccc3C=Cc3ccccc32)C1. The van der Waals surface area contributed by atoms with Crippen molar-refractivity contribution in [3.63, 3.8) is 0 Å². The molecular weight excluding hydrogens is 306 g/mol. The monoisotopic (exact) mass is 333 g/mol. The van der Waals surface area contributed by atoms with E-state index in [2.05, 4.69) is 79.4 Å². The van der Waals surface area contributed by atoms with Crippen LogP contribution in [0.5, 0.6) is 0 Å². The number of hydrogen-bond donors (Lipinski definition) is 0. The molecule has 2 aliphatic rings. The second-order valence-electron chi connectivity index (χ2n) is 7.46. The molecule has 0 N–H and O–H groups in total. The van der Waals surface area contributed by atoms with E-state index in [1.54, 1.807) is 0 Å². The van der Waals surface area contributed by atoms with E-state index >= 15 is 0 Å². The number of nitrogens with zero attached hydrogens (tertiary/aromatic N) is 1. The minimum Gasteiger partial charge on any atom is -0.376 e. The lowest BCUT2D eigenvalue weighted by Gasteiger charge is -2.37. The summed E-state index contributed by atoms with van der Waals surface area (Å²) in [6, 6.07) is 18.2. The van der Waals surface area contributed by atoms with Gasteiger partial charge in [-0.2, -0.15) is 0 Å². The lowest BCUT2D eigenvalue weighted by atomic mass is 9.83. The van der Waals surface area contributed by atoms with Crippen molar-refractivity contribution in [3.8, 4) is 0 Å². The van der Waals surface area contributed by atoms with Gasteiger partial charge in [0.1, 0.15) is 0 Å². The van der Waals surface area contributed by atoms with E-state index in [0.29, 0.717) is 18.1 Å². The fraction of sp³-hybridized carbons (Fsp3) is 0.391. The fourth-order valence-corrected chi connectivity index (χ4v) is 4.18. The first-order chi connectivity index (χ1) is 12.2. The van der Waals surface area contributed by atoms with Gasteiger partial charge in [-0.05, 0) is 42.5 Å². The average Bonchev–Trinajstić information content (AvgIpc) is 2.80. The summed E-state index contributed by atoms with van der Waals surface area (Å²) < 4.78 is 6.17. The summed E-state index contributed by atoms with van der Waals surface area (Å²) in [7, 11) is 0. The molecule has 2 aromatic rings. The summed E-state index contributed by atoms with van der Waals surface area (Å²) in [6.07, 6.45) is 5.85. The van der Waals surface area contributed by atoms with Gasteiger partial charge in [-0.1, -0.05) is 60.7 Å². The average molecular weight is 333 g/mol. The summed E-state index contributed by atoms with van der Waals surface area (Å²) in [5.74, 6) is 0.388. The molecule has 1 unspecified atom stereocenters. The Bertz CT molecular complexity index is 715. The number of hydrogen-bond acceptors (Lipinski definition) is 2. The Balaban J connectivity index is 1.67. The number of ether oxygens (including phenoxy) is 1. The van der Waals surface area contributed by atoms with Gasteiger partial charge in [-0.3, -0.25) is 4.90 Å². The summed E-state index contributed by atoms with van der Waals surface area (Å²) in [5, 5.41) is 0. The topological polar surface area (TPSA) is 12.5 Å². The van der Waals surface area contributed by atoms with Crippen molar-refractivity contribution in [2.45, 2.75) is 38.3 Å². The van der Waals surface area contributed by atoms with Crippen molar-refractivity contribution < 1.29 is 4.74 Å². The highest BCUT2D eigenvalue weighted by atomic mass is 16.5. The minimum atomic E-state index is 0.292. The zero-order valence-electron chi connectivity index (χ0n) is 15.2. The molecule has 4 rings (SSSR count). The molecule has 1 fully saturated rings. The maximum atomic E-state index is 6.17. The normalized spacial score (nSPS) is 21.0. The van der Waals surface area contributed by atoms with Gasteiger partial charge in [-0.15, -0.1) is 0 Å². The van der Waals surface area contributed by atoms with Gasteiger partial charge < -0.3 is 4.74 Å². The van der Waals surface area contributed by atoms with Crippen LogP contribution in [-0.4, -0.2) is 36.7 Å². The van der Waals surface area contributed by atoms with Crippen molar-refractivity contribution in [1.82, 2.24) is 4.90 Å². The van der Waals surface area contributed by atoms with Crippen LogP contribution in [0.15, 0.2) is 48.5 Å². The fourth-order valence-electron chi connectivity index (χ4n) is 4.18. The zero-order chi connectivity index (χ0) is 17.2. The van der Waals surface area contributed by atoms with Gasteiger partial charge >= 0.3 is 0 Å². The third-order valence-corrected chi connectivity index (χ3v) is 5.58. The van der Waals surface area contributed by atoms with Crippen molar-refractivity contribution in [3.05, 3.63) is 70.8 Å². The van der Waals surface area contributed by atoms with Crippen LogP contribution in [-0.2, 0) is 4.74 Å². The Kier molecular flexibility index (Phi) is 4.74. The molecule has 0 radical (unpaired) electrons. The Hall–Kier alpha value is -1.90. The highest BCUT2D eigenvalue weighted by molar-refractivity contribution is 5.76. The van der Waals surface area contributed by atoms with Gasteiger partial charge in [-0.25, -0.2) is 0 Å². The summed E-state index contributed by atoms with van der Waals surface area (Å²) >= 11 is 0. The Labute approximate surface area is 151 Å². The van der Waals surface area contributed by atoms with Gasteiger partial charge in [0.15, 0.2) is 0 Å². The molecule has 0 bridgehead atoms. The second-order valence-corrected chi connectivity index (χ2v) is 7.46. The Morgan fingerprint density at radius 3 is 2.16 bits per heavy atom. The molecule has 1 heterocycles. The number of rotatable bonds is 3. The highest BCUT2D eigenvalue weighted by Crippen LogP contribution is 2.38. The molecule has 0 spiro atoms. The molecule has 0 amide bonds. The van der Waals surface area contributed by atoms with Crippen LogP contribution in [0, 0.1) is 0 Å². The molecule has 0 aromatic heterocycles. The molecule has 1 atom stereocenters. The molecule has 1 saturated heterocycles. The van der Waals surface area contributed by atoms with Crippen LogP contribution in [0.1, 0.15) is 48.4 Å². The van der Waals surface area contributed by atoms with Crippen molar-refractivity contribution in [2.24, 2.45) is 0 Å². The predicted molar refractivity (Wildman–Crippen MR) is 105 cm³/mol. The molecule has 130 valence electrons. The molecule has 1 aliphatic heterocycles. The molecule has 2 nitrogen and oxygen atoms in total. The van der Waals surface area contributed by atoms with E-state index in [9.17, 15) is 0 Å². The standard InChI is InChI=1S/C23H27NO/c1-17(2)24-13-14-25-20(16-24)15-23-21-9-5-3-7-18(21)11-12-19-8-4-6-10-22(19)23/h3-12,17,20,23H,13-16H2,1-2H3. The zero-order valence-corrected chi connectivity index (χ0v) is 15.2. The largest absolute Gasteiger partial charge is 0.376 e. The molecular formula is C23H27NO. The maximum absolute atomic E-state index is 6.17. The summed E-state index contributed by atoms with van der Waals surface area (Å²) in [5.41, 5.74) is 5.52.